The highest BCUT2D eigenvalue weighted by Gasteiger charge is 2.21. The Labute approximate surface area is 171 Å². The monoisotopic (exact) mass is 443 g/mol. The number of hydrogen-bond acceptors (Lipinski definition) is 9. The van der Waals surface area contributed by atoms with Crippen molar-refractivity contribution in [3.05, 3.63) is 35.2 Å². The zero-order valence-electron chi connectivity index (χ0n) is 14.9. The van der Waals surface area contributed by atoms with Crippen LogP contribution >= 0.6 is 22.9 Å². The summed E-state index contributed by atoms with van der Waals surface area (Å²) in [5, 5.41) is 10.5. The second-order valence-electron chi connectivity index (χ2n) is 5.19. The summed E-state index contributed by atoms with van der Waals surface area (Å²) in [5.41, 5.74) is 0.593. The summed E-state index contributed by atoms with van der Waals surface area (Å²) in [6.07, 6.45) is 2.56. The number of alkyl halides is 2. The van der Waals surface area contributed by atoms with Crippen LogP contribution < -0.4 is 19.5 Å². The predicted octanol–water partition coefficient (Wildman–Crippen LogP) is 3.52. The number of methoxy groups -OCH3 is 2. The van der Waals surface area contributed by atoms with Gasteiger partial charge in [0.05, 0.1) is 26.0 Å². The molecule has 0 fully saturated rings. The van der Waals surface area contributed by atoms with E-state index < -0.39 is 18.4 Å². The van der Waals surface area contributed by atoms with E-state index in [4.69, 9.17) is 21.1 Å². The Balaban J connectivity index is 2.06. The number of amides is 1. The Hall–Kier alpha value is -3.12. The molecular weight excluding hydrogens is 432 g/mol. The summed E-state index contributed by atoms with van der Waals surface area (Å²) in [7, 11) is 2.81. The number of halogens is 3. The van der Waals surface area contributed by atoms with Crippen molar-refractivity contribution in [2.45, 2.75) is 6.61 Å². The van der Waals surface area contributed by atoms with Crippen molar-refractivity contribution in [2.24, 2.45) is 0 Å². The largest absolute Gasteiger partial charge is 0.494 e. The molecule has 0 aliphatic rings. The number of aromatic nitrogens is 4. The van der Waals surface area contributed by atoms with Crippen LogP contribution in [-0.2, 0) is 0 Å². The zero-order valence-corrected chi connectivity index (χ0v) is 16.4. The number of anilines is 1. The Bertz CT molecular complexity index is 1040. The zero-order chi connectivity index (χ0) is 21.0. The third-order valence-electron chi connectivity index (χ3n) is 3.48. The molecule has 0 unspecified atom stereocenters. The maximum absolute atomic E-state index is 12.9. The number of carbonyl (C=O) groups is 1. The number of rotatable bonds is 7. The van der Waals surface area contributed by atoms with Crippen molar-refractivity contribution in [1.29, 1.82) is 0 Å². The molecule has 152 valence electrons. The highest BCUT2D eigenvalue weighted by atomic mass is 35.5. The first-order valence-electron chi connectivity index (χ1n) is 7.75. The Morgan fingerprint density at radius 3 is 2.59 bits per heavy atom. The first kappa shape index (κ1) is 20.6. The summed E-state index contributed by atoms with van der Waals surface area (Å²) < 4.78 is 39.7. The van der Waals surface area contributed by atoms with Crippen LogP contribution in [0.3, 0.4) is 0 Å². The van der Waals surface area contributed by atoms with E-state index in [0.29, 0.717) is 11.3 Å². The van der Waals surface area contributed by atoms with Crippen LogP contribution in [0, 0.1) is 0 Å². The minimum absolute atomic E-state index is 0.0367. The standard InChI is InChI=1S/C16H12ClF2N5O4S/c1-26-10-6-20-11(17)3-7(10)9-5-21-12(28-14(18)19)4-8(9)13(25)22-15-23-24-16(27-2)29-15/h3-6,14H,1-2H3,(H,22,23,25). The molecule has 0 radical (unpaired) electrons. The number of pyridine rings is 2. The van der Waals surface area contributed by atoms with E-state index in [2.05, 4.69) is 30.2 Å². The van der Waals surface area contributed by atoms with Gasteiger partial charge in [-0.2, -0.15) is 8.78 Å². The fraction of sp³-hybridized carbons (Fsp3) is 0.188. The van der Waals surface area contributed by atoms with E-state index in [1.807, 2.05) is 0 Å². The Morgan fingerprint density at radius 2 is 1.93 bits per heavy atom. The first-order valence-corrected chi connectivity index (χ1v) is 8.94. The van der Waals surface area contributed by atoms with Gasteiger partial charge in [0.15, 0.2) is 0 Å². The third-order valence-corrected chi connectivity index (χ3v) is 4.49. The van der Waals surface area contributed by atoms with E-state index in [0.717, 1.165) is 17.4 Å². The third kappa shape index (κ3) is 4.84. The van der Waals surface area contributed by atoms with Gasteiger partial charge < -0.3 is 14.2 Å². The van der Waals surface area contributed by atoms with Crippen molar-refractivity contribution in [1.82, 2.24) is 20.2 Å². The Morgan fingerprint density at radius 1 is 1.14 bits per heavy atom. The molecular formula is C16H12ClF2N5O4S. The molecule has 0 spiro atoms. The number of ether oxygens (including phenoxy) is 3. The highest BCUT2D eigenvalue weighted by Crippen LogP contribution is 2.35. The fourth-order valence-corrected chi connectivity index (χ4v) is 3.01. The van der Waals surface area contributed by atoms with Crippen LogP contribution in [0.25, 0.3) is 11.1 Å². The number of carbonyl (C=O) groups excluding carboxylic acids is 1. The van der Waals surface area contributed by atoms with Crippen LogP contribution in [0.5, 0.6) is 16.8 Å². The fourth-order valence-electron chi connectivity index (χ4n) is 2.29. The molecule has 9 nitrogen and oxygen atoms in total. The molecule has 3 heterocycles. The van der Waals surface area contributed by atoms with Crippen LogP contribution in [0.1, 0.15) is 10.4 Å². The lowest BCUT2D eigenvalue weighted by atomic mass is 10.0. The second kappa shape index (κ2) is 8.92. The quantitative estimate of drug-likeness (QED) is 0.552. The molecule has 3 rings (SSSR count). The molecule has 3 aromatic heterocycles. The van der Waals surface area contributed by atoms with Gasteiger partial charge in [0.25, 0.3) is 11.1 Å². The molecule has 0 aliphatic carbocycles. The van der Waals surface area contributed by atoms with Crippen molar-refractivity contribution < 1.29 is 27.8 Å². The van der Waals surface area contributed by atoms with Crippen molar-refractivity contribution in [2.75, 3.05) is 19.5 Å². The minimum atomic E-state index is -3.11. The minimum Gasteiger partial charge on any atom is -0.494 e. The van der Waals surface area contributed by atoms with E-state index in [1.54, 1.807) is 0 Å². The van der Waals surface area contributed by atoms with Gasteiger partial charge in [-0.1, -0.05) is 16.7 Å². The molecule has 0 saturated heterocycles. The van der Waals surface area contributed by atoms with Crippen LogP contribution in [-0.4, -0.2) is 46.9 Å². The summed E-state index contributed by atoms with van der Waals surface area (Å²) in [6, 6.07) is 2.53. The molecule has 3 aromatic rings. The molecule has 29 heavy (non-hydrogen) atoms. The molecule has 13 heteroatoms. The maximum atomic E-state index is 12.9. The summed E-state index contributed by atoms with van der Waals surface area (Å²) in [5.74, 6) is -0.816. The normalized spacial score (nSPS) is 10.7. The summed E-state index contributed by atoms with van der Waals surface area (Å²) >= 11 is 6.95. The van der Waals surface area contributed by atoms with Crippen molar-refractivity contribution in [3.63, 3.8) is 0 Å². The number of nitrogens with one attached hydrogen (secondary N) is 1. The van der Waals surface area contributed by atoms with E-state index in [1.165, 1.54) is 32.7 Å². The molecule has 0 saturated carbocycles. The lowest BCUT2D eigenvalue weighted by Gasteiger charge is -2.13. The lowest BCUT2D eigenvalue weighted by molar-refractivity contribution is -0.0528. The van der Waals surface area contributed by atoms with Gasteiger partial charge in [-0.25, -0.2) is 9.97 Å². The lowest BCUT2D eigenvalue weighted by Crippen LogP contribution is -2.14. The SMILES string of the molecule is COc1nnc(NC(=O)c2cc(OC(F)F)ncc2-c2cc(Cl)ncc2OC)s1. The molecule has 0 atom stereocenters. The van der Waals surface area contributed by atoms with E-state index in [9.17, 15) is 13.6 Å². The van der Waals surface area contributed by atoms with E-state index in [-0.39, 0.29) is 26.6 Å². The maximum Gasteiger partial charge on any atom is 0.388 e. The van der Waals surface area contributed by atoms with Gasteiger partial charge in [-0.05, 0) is 17.4 Å². The average Bonchev–Trinajstić information content (AvgIpc) is 3.15. The van der Waals surface area contributed by atoms with E-state index >= 15 is 0 Å². The molecule has 1 amide bonds. The van der Waals surface area contributed by atoms with Gasteiger partial charge in [-0.3, -0.25) is 10.1 Å². The first-order chi connectivity index (χ1) is 13.9. The molecule has 0 aliphatic heterocycles. The van der Waals surface area contributed by atoms with Gasteiger partial charge in [0.2, 0.25) is 11.0 Å². The average molecular weight is 444 g/mol. The van der Waals surface area contributed by atoms with Gasteiger partial charge in [0.1, 0.15) is 10.9 Å². The molecule has 0 bridgehead atoms. The summed E-state index contributed by atoms with van der Waals surface area (Å²) in [4.78, 5) is 20.6. The van der Waals surface area contributed by atoms with Gasteiger partial charge in [0, 0.05) is 23.4 Å². The smallest absolute Gasteiger partial charge is 0.388 e. The van der Waals surface area contributed by atoms with Crippen LogP contribution in [0.15, 0.2) is 24.5 Å². The molecule has 0 aromatic carbocycles. The predicted molar refractivity (Wildman–Crippen MR) is 100 cm³/mol. The highest BCUT2D eigenvalue weighted by molar-refractivity contribution is 7.17. The number of nitrogens with zero attached hydrogens (tertiary/aromatic N) is 4. The van der Waals surface area contributed by atoms with Crippen LogP contribution in [0.2, 0.25) is 5.15 Å². The topological polar surface area (TPSA) is 108 Å². The van der Waals surface area contributed by atoms with Crippen molar-refractivity contribution in [3.8, 4) is 28.0 Å². The van der Waals surface area contributed by atoms with Crippen molar-refractivity contribution >= 4 is 34.0 Å². The van der Waals surface area contributed by atoms with Gasteiger partial charge >= 0.3 is 6.61 Å². The Kier molecular flexibility index (Phi) is 6.34. The van der Waals surface area contributed by atoms with Crippen LogP contribution in [0.4, 0.5) is 13.9 Å². The number of hydrogen-bond donors (Lipinski definition) is 1. The van der Waals surface area contributed by atoms with Gasteiger partial charge in [-0.15, -0.1) is 5.10 Å². The summed E-state index contributed by atoms with van der Waals surface area (Å²) in [6.45, 7) is -3.11. The second-order valence-corrected chi connectivity index (χ2v) is 6.51. The molecule has 1 N–H and O–H groups in total.